The lowest BCUT2D eigenvalue weighted by atomic mass is 10.2. The summed E-state index contributed by atoms with van der Waals surface area (Å²) in [6.07, 6.45) is 1.34. The number of nitrogens with zero attached hydrogens (tertiary/aromatic N) is 2. The number of hydrogen-bond acceptors (Lipinski definition) is 5. The highest BCUT2D eigenvalue weighted by molar-refractivity contribution is 6.04. The maximum Gasteiger partial charge on any atom is 0.350 e. The Morgan fingerprint density at radius 1 is 1.12 bits per heavy atom. The fraction of sp³-hybridized carbons (Fsp3) is 0.0556. The molecule has 2 heterocycles. The first-order valence-corrected chi connectivity index (χ1v) is 7.75. The molecule has 2 aromatic carbocycles. The van der Waals surface area contributed by atoms with Gasteiger partial charge in [-0.2, -0.15) is 5.10 Å². The number of aromatic amines is 2. The zero-order valence-electron chi connectivity index (χ0n) is 13.7. The number of benzene rings is 2. The molecule has 4 rings (SSSR count). The van der Waals surface area contributed by atoms with Gasteiger partial charge >= 0.3 is 11.2 Å². The molecule has 0 unspecified atom stereocenters. The van der Waals surface area contributed by atoms with Crippen LogP contribution in [0, 0.1) is 0 Å². The number of nitrogens with one attached hydrogen (secondary N) is 2. The second-order valence-electron chi connectivity index (χ2n) is 5.64. The molecular weight excluding hydrogens is 336 g/mol. The molecule has 0 spiro atoms. The summed E-state index contributed by atoms with van der Waals surface area (Å²) in [4.78, 5) is 30.7. The normalized spacial score (nSPS) is 11.6. The average molecular weight is 350 g/mol. The van der Waals surface area contributed by atoms with Crippen LogP contribution >= 0.6 is 0 Å². The van der Waals surface area contributed by atoms with Gasteiger partial charge in [0.05, 0.1) is 18.8 Å². The third-order valence-corrected chi connectivity index (χ3v) is 4.06. The number of fused-ring (bicyclic) bond motifs is 3. The number of hydrogen-bond donors (Lipinski definition) is 3. The number of methoxy groups -OCH3 is 1. The van der Waals surface area contributed by atoms with Crippen LogP contribution < -0.4 is 16.0 Å². The van der Waals surface area contributed by atoms with Crippen LogP contribution in [0.25, 0.3) is 21.9 Å². The van der Waals surface area contributed by atoms with Gasteiger partial charge in [0.1, 0.15) is 5.52 Å². The van der Waals surface area contributed by atoms with Gasteiger partial charge in [0.2, 0.25) is 0 Å². The minimum atomic E-state index is -0.644. The quantitative estimate of drug-likeness (QED) is 0.489. The Bertz CT molecular complexity index is 1280. The van der Waals surface area contributed by atoms with E-state index in [0.717, 1.165) is 15.6 Å². The molecule has 0 radical (unpaired) electrons. The first-order valence-electron chi connectivity index (χ1n) is 7.75. The lowest BCUT2D eigenvalue weighted by Gasteiger charge is -2.03. The van der Waals surface area contributed by atoms with Gasteiger partial charge in [0, 0.05) is 10.9 Å². The molecule has 0 amide bonds. The molecule has 0 fully saturated rings. The first-order chi connectivity index (χ1) is 12.6. The fourth-order valence-corrected chi connectivity index (χ4v) is 2.79. The Morgan fingerprint density at radius 2 is 1.92 bits per heavy atom. The fourth-order valence-electron chi connectivity index (χ4n) is 2.79. The zero-order valence-corrected chi connectivity index (χ0v) is 13.7. The number of aromatic nitrogens is 3. The van der Waals surface area contributed by atoms with Crippen molar-refractivity contribution in [2.75, 3.05) is 7.11 Å². The van der Waals surface area contributed by atoms with E-state index in [2.05, 4.69) is 15.1 Å². The van der Waals surface area contributed by atoms with Crippen molar-refractivity contribution in [3.63, 3.8) is 0 Å². The van der Waals surface area contributed by atoms with E-state index in [1.807, 2.05) is 24.3 Å². The molecule has 26 heavy (non-hydrogen) atoms. The Labute approximate surface area is 146 Å². The van der Waals surface area contributed by atoms with Crippen LogP contribution in [0.2, 0.25) is 0 Å². The van der Waals surface area contributed by atoms with Gasteiger partial charge in [-0.3, -0.25) is 4.79 Å². The standard InChI is InChI=1S/C18H14N4O4/c1-26-14-8-10(6-7-13(14)23)9-19-22-17(24)16-15(21-18(22)25)11-4-2-3-5-12(11)20-16/h2-9,20,23H,1H3,(H,21,25)/b19-9+. The van der Waals surface area contributed by atoms with Crippen LogP contribution in [0.5, 0.6) is 11.5 Å². The number of rotatable bonds is 3. The molecule has 2 aromatic heterocycles. The molecule has 0 atom stereocenters. The van der Waals surface area contributed by atoms with Crippen molar-refractivity contribution in [2.45, 2.75) is 0 Å². The molecule has 0 saturated heterocycles. The van der Waals surface area contributed by atoms with Crippen LogP contribution in [-0.2, 0) is 0 Å². The van der Waals surface area contributed by atoms with Crippen LogP contribution in [0.15, 0.2) is 57.2 Å². The van der Waals surface area contributed by atoms with Gasteiger partial charge in [0.15, 0.2) is 11.5 Å². The highest BCUT2D eigenvalue weighted by Crippen LogP contribution is 2.25. The second kappa shape index (κ2) is 5.92. The predicted octanol–water partition coefficient (Wildman–Crippen LogP) is 1.77. The number of H-pyrrole nitrogens is 2. The summed E-state index contributed by atoms with van der Waals surface area (Å²) in [7, 11) is 1.43. The topological polar surface area (TPSA) is 112 Å². The minimum absolute atomic E-state index is 0.0147. The van der Waals surface area contributed by atoms with Crippen molar-refractivity contribution in [1.82, 2.24) is 14.6 Å². The maximum atomic E-state index is 12.7. The summed E-state index contributed by atoms with van der Waals surface area (Å²) in [5, 5.41) is 14.4. The second-order valence-corrected chi connectivity index (χ2v) is 5.64. The van der Waals surface area contributed by atoms with E-state index < -0.39 is 11.2 Å². The molecule has 8 nitrogen and oxygen atoms in total. The lowest BCUT2D eigenvalue weighted by Crippen LogP contribution is -2.32. The van der Waals surface area contributed by atoms with E-state index in [-0.39, 0.29) is 17.0 Å². The van der Waals surface area contributed by atoms with Crippen LogP contribution in [0.3, 0.4) is 0 Å². The van der Waals surface area contributed by atoms with Gasteiger partial charge in [-0.1, -0.05) is 18.2 Å². The highest BCUT2D eigenvalue weighted by atomic mass is 16.5. The minimum Gasteiger partial charge on any atom is -0.504 e. The van der Waals surface area contributed by atoms with E-state index >= 15 is 0 Å². The monoisotopic (exact) mass is 350 g/mol. The zero-order chi connectivity index (χ0) is 18.3. The van der Waals surface area contributed by atoms with Crippen molar-refractivity contribution in [3.05, 3.63) is 68.9 Å². The summed E-state index contributed by atoms with van der Waals surface area (Å²) in [6, 6.07) is 11.9. The van der Waals surface area contributed by atoms with Crippen molar-refractivity contribution in [1.29, 1.82) is 0 Å². The molecule has 8 heteroatoms. The summed E-state index contributed by atoms with van der Waals surface area (Å²) < 4.78 is 5.77. The number of phenolic OH excluding ortho intramolecular Hbond substituents is 1. The first kappa shape index (κ1) is 15.7. The molecule has 0 aliphatic carbocycles. The molecule has 130 valence electrons. The van der Waals surface area contributed by atoms with Crippen molar-refractivity contribution in [3.8, 4) is 11.5 Å². The van der Waals surface area contributed by atoms with Crippen LogP contribution in [-0.4, -0.2) is 33.1 Å². The molecular formula is C18H14N4O4. The summed E-state index contributed by atoms with van der Waals surface area (Å²) in [5.74, 6) is 0.250. The largest absolute Gasteiger partial charge is 0.504 e. The van der Waals surface area contributed by atoms with E-state index in [4.69, 9.17) is 4.74 Å². The Hall–Kier alpha value is -3.81. The van der Waals surface area contributed by atoms with Crippen molar-refractivity contribution >= 4 is 28.2 Å². The molecule has 0 bridgehead atoms. The summed E-state index contributed by atoms with van der Waals surface area (Å²) >= 11 is 0. The van der Waals surface area contributed by atoms with E-state index in [9.17, 15) is 14.7 Å². The molecule has 0 saturated carbocycles. The highest BCUT2D eigenvalue weighted by Gasteiger charge is 2.12. The Balaban J connectivity index is 1.85. The van der Waals surface area contributed by atoms with Gasteiger partial charge in [-0.05, 0) is 29.8 Å². The number of para-hydroxylation sites is 1. The van der Waals surface area contributed by atoms with Crippen molar-refractivity contribution in [2.24, 2.45) is 5.10 Å². The number of ether oxygens (including phenoxy) is 1. The van der Waals surface area contributed by atoms with E-state index in [1.165, 1.54) is 19.4 Å². The van der Waals surface area contributed by atoms with Crippen molar-refractivity contribution < 1.29 is 9.84 Å². The van der Waals surface area contributed by atoms with Gasteiger partial charge in [-0.25, -0.2) is 4.79 Å². The lowest BCUT2D eigenvalue weighted by molar-refractivity contribution is 0.373. The van der Waals surface area contributed by atoms with Gasteiger partial charge in [0.25, 0.3) is 0 Å². The molecule has 0 aliphatic heterocycles. The molecule has 0 aliphatic rings. The SMILES string of the molecule is COc1cc(/C=N/n2c(=O)[nH]c3c([nH]c4ccccc43)c2=O)ccc1O. The molecule has 3 N–H and O–H groups in total. The third kappa shape index (κ3) is 2.44. The average Bonchev–Trinajstić information content (AvgIpc) is 3.01. The Kier molecular flexibility index (Phi) is 3.58. The smallest absolute Gasteiger partial charge is 0.350 e. The maximum absolute atomic E-state index is 12.7. The van der Waals surface area contributed by atoms with Crippen LogP contribution in [0.4, 0.5) is 0 Å². The van der Waals surface area contributed by atoms with Gasteiger partial charge < -0.3 is 19.8 Å². The predicted molar refractivity (Wildman–Crippen MR) is 98.3 cm³/mol. The van der Waals surface area contributed by atoms with E-state index in [0.29, 0.717) is 11.1 Å². The van der Waals surface area contributed by atoms with Crippen LogP contribution in [0.1, 0.15) is 5.56 Å². The third-order valence-electron chi connectivity index (χ3n) is 4.06. The number of aromatic hydroxyl groups is 1. The number of phenols is 1. The van der Waals surface area contributed by atoms with E-state index in [1.54, 1.807) is 12.1 Å². The summed E-state index contributed by atoms with van der Waals surface area (Å²) in [5.41, 5.74) is 0.832. The van der Waals surface area contributed by atoms with Gasteiger partial charge in [-0.15, -0.1) is 4.68 Å². The molecule has 4 aromatic rings. The summed E-state index contributed by atoms with van der Waals surface area (Å²) in [6.45, 7) is 0. The Morgan fingerprint density at radius 3 is 2.73 bits per heavy atom.